The fraction of sp³-hybridized carbons (Fsp3) is 0.875. The van der Waals surface area contributed by atoms with Crippen molar-refractivity contribution in [3.63, 3.8) is 0 Å². The summed E-state index contributed by atoms with van der Waals surface area (Å²) in [6, 6.07) is 0. The van der Waals surface area contributed by atoms with Crippen LogP contribution < -0.4 is 0 Å². The molecule has 0 aromatic rings. The lowest BCUT2D eigenvalue weighted by molar-refractivity contribution is -0.148. The van der Waals surface area contributed by atoms with Crippen LogP contribution in [0.3, 0.4) is 0 Å². The molecule has 4 atom stereocenters. The predicted octanol–water partition coefficient (Wildman–Crippen LogP) is 0.337. The third-order valence-corrected chi connectivity index (χ3v) is 3.13. The molecule has 0 spiro atoms. The first kappa shape index (κ1) is 6.00. The number of carbonyl (C=O) groups is 1. The van der Waals surface area contributed by atoms with E-state index in [1.807, 2.05) is 0 Å². The van der Waals surface area contributed by atoms with Crippen LogP contribution in [0.1, 0.15) is 12.8 Å². The molecule has 2 heterocycles. The van der Waals surface area contributed by atoms with Crippen LogP contribution in [0, 0.1) is 11.8 Å². The Morgan fingerprint density at radius 3 is 3.18 bits per heavy atom. The molecule has 3 nitrogen and oxygen atoms in total. The monoisotopic (exact) mass is 154 g/mol. The van der Waals surface area contributed by atoms with Gasteiger partial charge in [-0.2, -0.15) is 0 Å². The third kappa shape index (κ3) is 0.601. The maximum absolute atomic E-state index is 11.1. The number of hydrogen-bond donors (Lipinski definition) is 0. The summed E-state index contributed by atoms with van der Waals surface area (Å²) in [6.07, 6.45) is 2.23. The number of rotatable bonds is 0. The van der Waals surface area contributed by atoms with E-state index >= 15 is 0 Å². The van der Waals surface area contributed by atoms with Crippen LogP contribution in [0.4, 0.5) is 0 Å². The zero-order chi connectivity index (χ0) is 7.42. The molecule has 2 aliphatic heterocycles. The molecule has 11 heavy (non-hydrogen) atoms. The molecule has 3 heteroatoms. The predicted molar refractivity (Wildman–Crippen MR) is 35.8 cm³/mol. The minimum atomic E-state index is -0.201. The van der Waals surface area contributed by atoms with E-state index in [4.69, 9.17) is 9.47 Å². The van der Waals surface area contributed by atoms with Crippen molar-refractivity contribution in [2.24, 2.45) is 11.8 Å². The summed E-state index contributed by atoms with van der Waals surface area (Å²) in [5.41, 5.74) is 0. The van der Waals surface area contributed by atoms with Crippen LogP contribution in [-0.4, -0.2) is 24.8 Å². The molecule has 1 saturated carbocycles. The van der Waals surface area contributed by atoms with Gasteiger partial charge >= 0.3 is 5.97 Å². The largest absolute Gasteiger partial charge is 0.460 e. The fourth-order valence-electron chi connectivity index (χ4n) is 2.62. The van der Waals surface area contributed by atoms with Crippen LogP contribution in [0.5, 0.6) is 0 Å². The van der Waals surface area contributed by atoms with Crippen molar-refractivity contribution >= 4 is 5.97 Å². The molecule has 1 aliphatic carbocycles. The molecule has 0 N–H and O–H groups in total. The molecule has 60 valence electrons. The second-order valence-corrected chi connectivity index (χ2v) is 3.64. The zero-order valence-electron chi connectivity index (χ0n) is 6.16. The minimum absolute atomic E-state index is 0.123. The molecular weight excluding hydrogens is 144 g/mol. The molecule has 3 fully saturated rings. The zero-order valence-corrected chi connectivity index (χ0v) is 6.16. The third-order valence-electron chi connectivity index (χ3n) is 3.13. The lowest BCUT2D eigenvalue weighted by Crippen LogP contribution is -2.20. The van der Waals surface area contributed by atoms with Gasteiger partial charge in [-0.15, -0.1) is 0 Å². The molecular formula is C8H10O3. The van der Waals surface area contributed by atoms with Gasteiger partial charge in [0.1, 0.15) is 6.10 Å². The Morgan fingerprint density at radius 2 is 2.27 bits per heavy atom. The lowest BCUT2D eigenvalue weighted by Gasteiger charge is -2.06. The Labute approximate surface area is 64.7 Å². The van der Waals surface area contributed by atoms with Crippen molar-refractivity contribution < 1.29 is 14.3 Å². The summed E-state index contributed by atoms with van der Waals surface area (Å²) in [4.78, 5) is 11.1. The van der Waals surface area contributed by atoms with E-state index in [2.05, 4.69) is 0 Å². The molecule has 0 radical (unpaired) electrons. The highest BCUT2D eigenvalue weighted by molar-refractivity contribution is 5.78. The average molecular weight is 154 g/mol. The van der Waals surface area contributed by atoms with Gasteiger partial charge in [0, 0.05) is 5.92 Å². The Morgan fingerprint density at radius 1 is 1.36 bits per heavy atom. The van der Waals surface area contributed by atoms with Crippen molar-refractivity contribution in [2.45, 2.75) is 25.0 Å². The van der Waals surface area contributed by atoms with Gasteiger partial charge in [0.05, 0.1) is 6.61 Å². The van der Waals surface area contributed by atoms with E-state index in [9.17, 15) is 4.79 Å². The molecule has 0 unspecified atom stereocenters. The van der Waals surface area contributed by atoms with Crippen LogP contribution >= 0.6 is 0 Å². The van der Waals surface area contributed by atoms with E-state index in [1.165, 1.54) is 6.42 Å². The highest BCUT2D eigenvalue weighted by atomic mass is 16.6. The summed E-state index contributed by atoms with van der Waals surface area (Å²) >= 11 is 0. The van der Waals surface area contributed by atoms with Crippen LogP contribution in [-0.2, 0) is 14.3 Å². The van der Waals surface area contributed by atoms with Crippen molar-refractivity contribution in [3.8, 4) is 0 Å². The molecule has 0 bridgehead atoms. The number of esters is 1. The first-order valence-electron chi connectivity index (χ1n) is 4.18. The quantitative estimate of drug-likeness (QED) is 0.472. The summed E-state index contributed by atoms with van der Waals surface area (Å²) in [5, 5.41) is 0. The molecule has 3 rings (SSSR count). The highest BCUT2D eigenvalue weighted by Gasteiger charge is 2.56. The van der Waals surface area contributed by atoms with Crippen LogP contribution in [0.25, 0.3) is 0 Å². The SMILES string of the molecule is O=C1O[C@@H]2CC[C@@H]3CO[C@H]1[C@@H]32. The fourth-order valence-corrected chi connectivity index (χ4v) is 2.62. The highest BCUT2D eigenvalue weighted by Crippen LogP contribution is 2.46. The van der Waals surface area contributed by atoms with E-state index in [-0.39, 0.29) is 18.2 Å². The number of carbonyl (C=O) groups excluding carboxylic acids is 1. The van der Waals surface area contributed by atoms with E-state index < -0.39 is 0 Å². The summed E-state index contributed by atoms with van der Waals surface area (Å²) in [6.45, 7) is 0.779. The molecule has 0 amide bonds. The van der Waals surface area contributed by atoms with Crippen molar-refractivity contribution in [2.75, 3.05) is 6.61 Å². The van der Waals surface area contributed by atoms with Crippen LogP contribution in [0.2, 0.25) is 0 Å². The van der Waals surface area contributed by atoms with Gasteiger partial charge in [-0.3, -0.25) is 0 Å². The Balaban J connectivity index is 1.99. The van der Waals surface area contributed by atoms with Gasteiger partial charge in [-0.1, -0.05) is 0 Å². The van der Waals surface area contributed by atoms with Gasteiger partial charge in [0.25, 0.3) is 0 Å². The number of hydrogen-bond acceptors (Lipinski definition) is 3. The molecule has 0 aromatic heterocycles. The van der Waals surface area contributed by atoms with Crippen molar-refractivity contribution in [1.29, 1.82) is 0 Å². The summed E-state index contributed by atoms with van der Waals surface area (Å²) in [7, 11) is 0. The van der Waals surface area contributed by atoms with Gasteiger partial charge < -0.3 is 9.47 Å². The average Bonchev–Trinajstić information content (AvgIpc) is 2.53. The van der Waals surface area contributed by atoms with Gasteiger partial charge in [0.2, 0.25) is 0 Å². The van der Waals surface area contributed by atoms with Crippen molar-refractivity contribution in [3.05, 3.63) is 0 Å². The topological polar surface area (TPSA) is 35.5 Å². The first-order chi connectivity index (χ1) is 5.36. The smallest absolute Gasteiger partial charge is 0.335 e. The van der Waals surface area contributed by atoms with Crippen molar-refractivity contribution in [1.82, 2.24) is 0 Å². The Bertz CT molecular complexity index is 213. The normalized spacial score (nSPS) is 52.9. The molecule has 3 aliphatic rings. The Hall–Kier alpha value is -0.570. The minimum Gasteiger partial charge on any atom is -0.460 e. The van der Waals surface area contributed by atoms with Crippen LogP contribution in [0.15, 0.2) is 0 Å². The standard InChI is InChI=1S/C8H10O3/c9-8-7-6-4(3-10-7)1-2-5(6)11-8/h4-7H,1-3H2/t4-,5-,6+,7+/m1/s1. The second-order valence-electron chi connectivity index (χ2n) is 3.64. The van der Waals surface area contributed by atoms with E-state index in [0.29, 0.717) is 11.8 Å². The van der Waals surface area contributed by atoms with E-state index in [0.717, 1.165) is 13.0 Å². The van der Waals surface area contributed by atoms with Gasteiger partial charge in [0.15, 0.2) is 6.10 Å². The second kappa shape index (κ2) is 1.78. The van der Waals surface area contributed by atoms with E-state index in [1.54, 1.807) is 0 Å². The lowest BCUT2D eigenvalue weighted by atomic mass is 9.95. The maximum atomic E-state index is 11.1. The Kier molecular flexibility index (Phi) is 0.969. The molecule has 2 saturated heterocycles. The number of ether oxygens (including phenoxy) is 2. The van der Waals surface area contributed by atoms with Gasteiger partial charge in [-0.25, -0.2) is 4.79 Å². The molecule has 0 aromatic carbocycles. The first-order valence-corrected chi connectivity index (χ1v) is 4.18. The summed E-state index contributed by atoms with van der Waals surface area (Å²) in [5.74, 6) is 0.890. The maximum Gasteiger partial charge on any atom is 0.335 e. The summed E-state index contributed by atoms with van der Waals surface area (Å²) < 4.78 is 10.5. The van der Waals surface area contributed by atoms with Gasteiger partial charge in [-0.05, 0) is 18.8 Å².